The van der Waals surface area contributed by atoms with Gasteiger partial charge in [-0.1, -0.05) is 18.5 Å². The highest BCUT2D eigenvalue weighted by Crippen LogP contribution is 2.26. The van der Waals surface area contributed by atoms with E-state index in [2.05, 4.69) is 9.97 Å². The minimum absolute atomic E-state index is 0.0711. The summed E-state index contributed by atoms with van der Waals surface area (Å²) in [6.45, 7) is 6.40. The fourth-order valence-electron chi connectivity index (χ4n) is 2.45. The molecule has 0 fully saturated rings. The van der Waals surface area contributed by atoms with Crippen molar-refractivity contribution in [3.05, 3.63) is 46.5 Å². The fraction of sp³-hybridized carbons (Fsp3) is 0.474. The van der Waals surface area contributed by atoms with Crippen molar-refractivity contribution >= 4 is 17.5 Å². The molecule has 7 heteroatoms. The van der Waals surface area contributed by atoms with Gasteiger partial charge in [-0.15, -0.1) is 0 Å². The Balaban J connectivity index is 2.19. The van der Waals surface area contributed by atoms with Crippen molar-refractivity contribution in [2.24, 2.45) is 0 Å². The molecule has 6 nitrogen and oxygen atoms in total. The van der Waals surface area contributed by atoms with Gasteiger partial charge in [-0.25, -0.2) is 4.98 Å². The van der Waals surface area contributed by atoms with Gasteiger partial charge in [0.25, 0.3) is 5.91 Å². The van der Waals surface area contributed by atoms with Crippen LogP contribution in [0.3, 0.4) is 0 Å². The Morgan fingerprint density at radius 2 is 2.08 bits per heavy atom. The van der Waals surface area contributed by atoms with Gasteiger partial charge < -0.3 is 19.5 Å². The SMILES string of the molecule is CCCOc1ccc(C(=O)N(CCN(C)C)Cc2nc[nH]c2C)cc1Cl. The molecule has 1 heterocycles. The third kappa shape index (κ3) is 5.47. The second kappa shape index (κ2) is 9.59. The molecule has 0 saturated carbocycles. The van der Waals surface area contributed by atoms with Crippen LogP contribution in [0.4, 0.5) is 0 Å². The lowest BCUT2D eigenvalue weighted by Crippen LogP contribution is -2.36. The third-order valence-electron chi connectivity index (χ3n) is 4.02. The van der Waals surface area contributed by atoms with E-state index in [9.17, 15) is 4.79 Å². The van der Waals surface area contributed by atoms with Crippen molar-refractivity contribution in [2.75, 3.05) is 33.8 Å². The first-order valence-corrected chi connectivity index (χ1v) is 9.15. The number of nitrogens with zero attached hydrogens (tertiary/aromatic N) is 3. The van der Waals surface area contributed by atoms with Gasteiger partial charge >= 0.3 is 0 Å². The summed E-state index contributed by atoms with van der Waals surface area (Å²) in [6.07, 6.45) is 2.55. The average Bonchev–Trinajstić information content (AvgIpc) is 3.01. The standard InChI is InChI=1S/C19H27ClN4O2/c1-5-10-26-18-7-6-15(11-16(18)20)19(25)24(9-8-23(3)4)12-17-14(2)21-13-22-17/h6-7,11,13H,5,8-10,12H2,1-4H3,(H,21,22). The first kappa shape index (κ1) is 20.3. The van der Waals surface area contributed by atoms with Crippen LogP contribution >= 0.6 is 11.6 Å². The summed E-state index contributed by atoms with van der Waals surface area (Å²) < 4.78 is 5.58. The molecule has 1 aromatic heterocycles. The number of benzene rings is 1. The van der Waals surface area contributed by atoms with E-state index < -0.39 is 0 Å². The number of aromatic nitrogens is 2. The van der Waals surface area contributed by atoms with Gasteiger partial charge in [0.1, 0.15) is 5.75 Å². The number of rotatable bonds is 9. The number of imidazole rings is 1. The molecule has 0 radical (unpaired) electrons. The maximum Gasteiger partial charge on any atom is 0.254 e. The Morgan fingerprint density at radius 3 is 2.65 bits per heavy atom. The van der Waals surface area contributed by atoms with Crippen LogP contribution in [-0.4, -0.2) is 59.5 Å². The Morgan fingerprint density at radius 1 is 1.31 bits per heavy atom. The topological polar surface area (TPSA) is 61.5 Å². The number of amides is 1. The molecular formula is C19H27ClN4O2. The number of hydrogen-bond acceptors (Lipinski definition) is 4. The summed E-state index contributed by atoms with van der Waals surface area (Å²) in [6, 6.07) is 5.20. The van der Waals surface area contributed by atoms with Gasteiger partial charge in [-0.05, 0) is 45.6 Å². The molecule has 142 valence electrons. The van der Waals surface area contributed by atoms with Crippen LogP contribution in [0.15, 0.2) is 24.5 Å². The summed E-state index contributed by atoms with van der Waals surface area (Å²) in [7, 11) is 3.97. The quantitative estimate of drug-likeness (QED) is 0.726. The minimum atomic E-state index is -0.0711. The van der Waals surface area contributed by atoms with Crippen molar-refractivity contribution < 1.29 is 9.53 Å². The molecule has 0 spiro atoms. The molecule has 0 aliphatic heterocycles. The average molecular weight is 379 g/mol. The van der Waals surface area contributed by atoms with E-state index in [0.29, 0.717) is 36.0 Å². The Kier molecular flexibility index (Phi) is 7.48. The molecule has 0 aliphatic rings. The lowest BCUT2D eigenvalue weighted by molar-refractivity contribution is 0.0729. The number of ether oxygens (including phenoxy) is 1. The van der Waals surface area contributed by atoms with Crippen LogP contribution in [-0.2, 0) is 6.54 Å². The van der Waals surface area contributed by atoms with E-state index in [1.54, 1.807) is 29.4 Å². The second-order valence-electron chi connectivity index (χ2n) is 6.50. The smallest absolute Gasteiger partial charge is 0.254 e. The van der Waals surface area contributed by atoms with Gasteiger partial charge in [-0.2, -0.15) is 0 Å². The number of aryl methyl sites for hydroxylation is 1. The summed E-state index contributed by atoms with van der Waals surface area (Å²) >= 11 is 6.29. The molecular weight excluding hydrogens is 352 g/mol. The van der Waals surface area contributed by atoms with Crippen molar-refractivity contribution in [3.63, 3.8) is 0 Å². The molecule has 0 bridgehead atoms. The zero-order valence-corrected chi connectivity index (χ0v) is 16.6. The number of hydrogen-bond donors (Lipinski definition) is 1. The van der Waals surface area contributed by atoms with E-state index >= 15 is 0 Å². The molecule has 2 aromatic rings. The van der Waals surface area contributed by atoms with Crippen molar-refractivity contribution in [2.45, 2.75) is 26.8 Å². The van der Waals surface area contributed by atoms with Crippen LogP contribution in [0, 0.1) is 6.92 Å². The van der Waals surface area contributed by atoms with E-state index in [4.69, 9.17) is 16.3 Å². The van der Waals surface area contributed by atoms with Crippen LogP contribution in [0.2, 0.25) is 5.02 Å². The maximum absolute atomic E-state index is 13.0. The van der Waals surface area contributed by atoms with Gasteiger partial charge in [0.05, 0.1) is 30.2 Å². The molecule has 0 saturated heterocycles. The number of nitrogens with one attached hydrogen (secondary N) is 1. The highest BCUT2D eigenvalue weighted by molar-refractivity contribution is 6.32. The Hall–Kier alpha value is -2.05. The number of carbonyl (C=O) groups is 1. The minimum Gasteiger partial charge on any atom is -0.492 e. The first-order chi connectivity index (χ1) is 12.4. The molecule has 26 heavy (non-hydrogen) atoms. The molecule has 0 atom stereocenters. The normalized spacial score (nSPS) is 11.0. The lowest BCUT2D eigenvalue weighted by atomic mass is 10.1. The van der Waals surface area contributed by atoms with E-state index in [1.807, 2.05) is 32.8 Å². The number of carbonyl (C=O) groups excluding carboxylic acids is 1. The lowest BCUT2D eigenvalue weighted by Gasteiger charge is -2.24. The number of H-pyrrole nitrogens is 1. The summed E-state index contributed by atoms with van der Waals surface area (Å²) in [5.41, 5.74) is 2.38. The van der Waals surface area contributed by atoms with Gasteiger partial charge in [0.15, 0.2) is 0 Å². The third-order valence-corrected chi connectivity index (χ3v) is 4.32. The summed E-state index contributed by atoms with van der Waals surface area (Å²) in [4.78, 5) is 24.3. The van der Waals surface area contributed by atoms with Crippen LogP contribution in [0.1, 0.15) is 35.1 Å². The van der Waals surface area contributed by atoms with E-state index in [-0.39, 0.29) is 5.91 Å². The zero-order chi connectivity index (χ0) is 19.1. The first-order valence-electron chi connectivity index (χ1n) is 8.77. The molecule has 0 aliphatic carbocycles. The highest BCUT2D eigenvalue weighted by atomic mass is 35.5. The molecule has 1 amide bonds. The zero-order valence-electron chi connectivity index (χ0n) is 15.9. The fourth-order valence-corrected chi connectivity index (χ4v) is 2.68. The Labute approximate surface area is 160 Å². The number of aromatic amines is 1. The van der Waals surface area contributed by atoms with Crippen molar-refractivity contribution in [1.29, 1.82) is 0 Å². The largest absolute Gasteiger partial charge is 0.492 e. The summed E-state index contributed by atoms with van der Waals surface area (Å²) in [5.74, 6) is 0.534. The van der Waals surface area contributed by atoms with Crippen LogP contribution in [0.5, 0.6) is 5.75 Å². The van der Waals surface area contributed by atoms with Gasteiger partial charge in [0.2, 0.25) is 0 Å². The Bertz CT molecular complexity index is 730. The van der Waals surface area contributed by atoms with Crippen molar-refractivity contribution in [3.8, 4) is 5.75 Å². The van der Waals surface area contributed by atoms with Crippen molar-refractivity contribution in [1.82, 2.24) is 19.8 Å². The van der Waals surface area contributed by atoms with Crippen LogP contribution in [0.25, 0.3) is 0 Å². The van der Waals surface area contributed by atoms with E-state index in [0.717, 1.165) is 24.4 Å². The summed E-state index contributed by atoms with van der Waals surface area (Å²) in [5, 5.41) is 0.452. The maximum atomic E-state index is 13.0. The predicted molar refractivity (Wildman–Crippen MR) is 104 cm³/mol. The van der Waals surface area contributed by atoms with Gasteiger partial charge in [0, 0.05) is 24.3 Å². The van der Waals surface area contributed by atoms with Crippen LogP contribution < -0.4 is 4.74 Å². The predicted octanol–water partition coefficient (Wildman–Crippen LogP) is 3.36. The number of halogens is 1. The second-order valence-corrected chi connectivity index (χ2v) is 6.91. The molecule has 1 N–H and O–H groups in total. The monoisotopic (exact) mass is 378 g/mol. The highest BCUT2D eigenvalue weighted by Gasteiger charge is 2.19. The van der Waals surface area contributed by atoms with Gasteiger partial charge in [-0.3, -0.25) is 4.79 Å². The molecule has 0 unspecified atom stereocenters. The molecule has 2 rings (SSSR count). The molecule has 1 aromatic carbocycles. The number of likely N-dealkylation sites (N-methyl/N-ethyl adjacent to an activating group) is 1. The van der Waals surface area contributed by atoms with E-state index in [1.165, 1.54) is 0 Å².